The van der Waals surface area contributed by atoms with Gasteiger partial charge in [-0.15, -0.1) is 0 Å². The van der Waals surface area contributed by atoms with Crippen molar-refractivity contribution in [3.63, 3.8) is 0 Å². The number of nitrogens with zero attached hydrogens (tertiary/aromatic N) is 2. The number of hydrogen-bond acceptors (Lipinski definition) is 7. The highest BCUT2D eigenvalue weighted by atomic mass is 32.2. The third-order valence-electron chi connectivity index (χ3n) is 3.82. The molecule has 3 aromatic carbocycles. The lowest BCUT2D eigenvalue weighted by atomic mass is 10.2. The fraction of sp³-hybridized carbons (Fsp3) is 0. The molecule has 10 heteroatoms. The van der Waals surface area contributed by atoms with E-state index in [1.807, 2.05) is 0 Å². The maximum absolute atomic E-state index is 12.2. The topological polar surface area (TPSA) is 128 Å². The number of nitrogens with one attached hydrogen (secondary N) is 1. The molecule has 0 saturated heterocycles. The molecular weight excluding hydrogens is 410 g/mol. The lowest BCUT2D eigenvalue weighted by Gasteiger charge is -2.07. The van der Waals surface area contributed by atoms with Crippen molar-refractivity contribution in [3.8, 4) is 5.75 Å². The summed E-state index contributed by atoms with van der Waals surface area (Å²) >= 11 is 0. The molecule has 0 heterocycles. The van der Waals surface area contributed by atoms with Crippen LogP contribution in [0.15, 0.2) is 88.9 Å². The molecule has 9 nitrogen and oxygen atoms in total. The Labute approximate surface area is 171 Å². The molecule has 0 saturated carbocycles. The highest BCUT2D eigenvalue weighted by Gasteiger charge is 2.15. The van der Waals surface area contributed by atoms with Gasteiger partial charge < -0.3 is 4.18 Å². The lowest BCUT2D eigenvalue weighted by molar-refractivity contribution is -0.384. The van der Waals surface area contributed by atoms with E-state index in [2.05, 4.69) is 10.5 Å². The van der Waals surface area contributed by atoms with Gasteiger partial charge in [-0.05, 0) is 48.0 Å². The molecule has 0 spiro atoms. The van der Waals surface area contributed by atoms with Crippen LogP contribution in [0.1, 0.15) is 15.9 Å². The van der Waals surface area contributed by atoms with Crippen LogP contribution in [0, 0.1) is 10.1 Å². The summed E-state index contributed by atoms with van der Waals surface area (Å²) in [6.45, 7) is 0. The van der Waals surface area contributed by atoms with Gasteiger partial charge in [0, 0.05) is 17.7 Å². The molecule has 1 amide bonds. The van der Waals surface area contributed by atoms with Gasteiger partial charge in [-0.1, -0.05) is 24.3 Å². The van der Waals surface area contributed by atoms with Crippen molar-refractivity contribution >= 4 is 27.9 Å². The van der Waals surface area contributed by atoms with E-state index in [1.54, 1.807) is 30.3 Å². The van der Waals surface area contributed by atoms with Gasteiger partial charge in [-0.25, -0.2) is 5.43 Å². The van der Waals surface area contributed by atoms with E-state index < -0.39 is 20.9 Å². The second-order valence-electron chi connectivity index (χ2n) is 5.93. The number of carbonyl (C=O) groups excluding carboxylic acids is 1. The van der Waals surface area contributed by atoms with Crippen molar-refractivity contribution in [2.24, 2.45) is 5.10 Å². The van der Waals surface area contributed by atoms with Crippen molar-refractivity contribution in [1.29, 1.82) is 0 Å². The molecule has 0 bridgehead atoms. The fourth-order valence-corrected chi connectivity index (χ4v) is 3.31. The van der Waals surface area contributed by atoms with Gasteiger partial charge in [-0.3, -0.25) is 14.9 Å². The van der Waals surface area contributed by atoms with Crippen molar-refractivity contribution in [2.75, 3.05) is 0 Å². The summed E-state index contributed by atoms with van der Waals surface area (Å²) in [5, 5.41) is 14.6. The first-order valence-corrected chi connectivity index (χ1v) is 9.93. The maximum atomic E-state index is 12.2. The van der Waals surface area contributed by atoms with E-state index >= 15 is 0 Å². The number of benzene rings is 3. The Morgan fingerprint density at radius 3 is 2.37 bits per heavy atom. The highest BCUT2D eigenvalue weighted by molar-refractivity contribution is 7.87. The number of nitro groups is 1. The van der Waals surface area contributed by atoms with E-state index in [9.17, 15) is 23.3 Å². The standard InChI is InChI=1S/C20H15N3O6S/c24-20(16-5-4-6-17(13-16)23(25)26)22-21-14-15-9-11-18(12-10-15)29-30(27,28)19-7-2-1-3-8-19/h1-14H,(H,22,24)/b21-14+. The Bertz CT molecular complexity index is 1190. The molecule has 3 aromatic rings. The van der Waals surface area contributed by atoms with Crippen molar-refractivity contribution in [1.82, 2.24) is 5.43 Å². The van der Waals surface area contributed by atoms with E-state index in [1.165, 1.54) is 48.7 Å². The number of carbonyl (C=O) groups is 1. The van der Waals surface area contributed by atoms with Gasteiger partial charge in [0.2, 0.25) is 0 Å². The maximum Gasteiger partial charge on any atom is 0.339 e. The number of amides is 1. The molecule has 152 valence electrons. The molecule has 0 aromatic heterocycles. The minimum absolute atomic E-state index is 0.0412. The quantitative estimate of drug-likeness (QED) is 0.268. The predicted octanol–water partition coefficient (Wildman–Crippen LogP) is 3.13. The van der Waals surface area contributed by atoms with Crippen molar-refractivity contribution in [3.05, 3.63) is 100 Å². The van der Waals surface area contributed by atoms with Crippen LogP contribution in [-0.2, 0) is 10.1 Å². The SMILES string of the molecule is O=C(N/N=C/c1ccc(OS(=O)(=O)c2ccccc2)cc1)c1cccc([N+](=O)[O-])c1. The molecule has 0 atom stereocenters. The molecule has 30 heavy (non-hydrogen) atoms. The largest absolute Gasteiger partial charge is 0.379 e. The molecule has 0 fully saturated rings. The highest BCUT2D eigenvalue weighted by Crippen LogP contribution is 2.18. The molecule has 0 aliphatic carbocycles. The minimum atomic E-state index is -3.93. The summed E-state index contributed by atoms with van der Waals surface area (Å²) in [5.74, 6) is -0.486. The van der Waals surface area contributed by atoms with Crippen LogP contribution in [-0.4, -0.2) is 25.5 Å². The van der Waals surface area contributed by atoms with Crippen LogP contribution in [0.25, 0.3) is 0 Å². The Morgan fingerprint density at radius 1 is 1.00 bits per heavy atom. The van der Waals surface area contributed by atoms with Crippen LogP contribution in [0.4, 0.5) is 5.69 Å². The van der Waals surface area contributed by atoms with Gasteiger partial charge in [0.05, 0.1) is 11.1 Å². The zero-order valence-corrected chi connectivity index (χ0v) is 16.2. The molecule has 3 rings (SSSR count). The third-order valence-corrected chi connectivity index (χ3v) is 5.08. The van der Waals surface area contributed by atoms with E-state index in [4.69, 9.17) is 4.18 Å². The van der Waals surface area contributed by atoms with Crippen LogP contribution in [0.2, 0.25) is 0 Å². The summed E-state index contributed by atoms with van der Waals surface area (Å²) < 4.78 is 29.5. The van der Waals surface area contributed by atoms with Crippen LogP contribution in [0.3, 0.4) is 0 Å². The first-order chi connectivity index (χ1) is 14.3. The number of hydrazone groups is 1. The fourth-order valence-electron chi connectivity index (χ4n) is 2.36. The Kier molecular flexibility index (Phi) is 6.18. The average Bonchev–Trinajstić information content (AvgIpc) is 2.75. The number of rotatable bonds is 7. The van der Waals surface area contributed by atoms with Gasteiger partial charge in [0.1, 0.15) is 10.6 Å². The van der Waals surface area contributed by atoms with Crippen molar-refractivity contribution in [2.45, 2.75) is 4.90 Å². The van der Waals surface area contributed by atoms with E-state index in [-0.39, 0.29) is 21.9 Å². The second kappa shape index (κ2) is 8.97. The average molecular weight is 425 g/mol. The first kappa shape index (κ1) is 20.7. The van der Waals surface area contributed by atoms with E-state index in [0.717, 1.165) is 6.07 Å². The summed E-state index contributed by atoms with van der Waals surface area (Å²) in [6, 6.07) is 19.0. The molecule has 0 aliphatic rings. The zero-order valence-electron chi connectivity index (χ0n) is 15.3. The van der Waals surface area contributed by atoms with Gasteiger partial charge in [0.25, 0.3) is 11.6 Å². The van der Waals surface area contributed by atoms with Gasteiger partial charge in [-0.2, -0.15) is 13.5 Å². The molecular formula is C20H15N3O6S. The monoisotopic (exact) mass is 425 g/mol. The molecule has 0 unspecified atom stereocenters. The Balaban J connectivity index is 1.62. The normalized spacial score (nSPS) is 11.2. The van der Waals surface area contributed by atoms with Crippen LogP contribution in [0.5, 0.6) is 5.75 Å². The number of nitro benzene ring substituents is 1. The van der Waals surface area contributed by atoms with E-state index in [0.29, 0.717) is 5.56 Å². The molecule has 1 N–H and O–H groups in total. The van der Waals surface area contributed by atoms with Crippen molar-refractivity contribution < 1.29 is 22.3 Å². The smallest absolute Gasteiger partial charge is 0.339 e. The summed E-state index contributed by atoms with van der Waals surface area (Å²) in [4.78, 5) is 22.2. The van der Waals surface area contributed by atoms with Crippen LogP contribution >= 0.6 is 0 Å². The summed E-state index contributed by atoms with van der Waals surface area (Å²) in [6.07, 6.45) is 1.34. The van der Waals surface area contributed by atoms with Gasteiger partial charge >= 0.3 is 10.1 Å². The molecule has 0 aliphatic heterocycles. The number of hydrogen-bond donors (Lipinski definition) is 1. The minimum Gasteiger partial charge on any atom is -0.379 e. The summed E-state index contributed by atoms with van der Waals surface area (Å²) in [7, 11) is -3.93. The Morgan fingerprint density at radius 2 is 1.70 bits per heavy atom. The number of non-ortho nitro benzene ring substituents is 1. The Hall–Kier alpha value is -4.05. The zero-order chi connectivity index (χ0) is 21.6. The third kappa shape index (κ3) is 5.26. The van der Waals surface area contributed by atoms with Gasteiger partial charge in [0.15, 0.2) is 0 Å². The second-order valence-corrected chi connectivity index (χ2v) is 7.47. The summed E-state index contributed by atoms with van der Waals surface area (Å²) in [5.41, 5.74) is 2.73. The molecule has 0 radical (unpaired) electrons. The van der Waals surface area contributed by atoms with Crippen LogP contribution < -0.4 is 9.61 Å². The first-order valence-electron chi connectivity index (χ1n) is 8.53. The lowest BCUT2D eigenvalue weighted by Crippen LogP contribution is -2.17. The predicted molar refractivity (Wildman–Crippen MR) is 109 cm³/mol.